The van der Waals surface area contributed by atoms with Crippen molar-refractivity contribution in [1.29, 1.82) is 0 Å². The van der Waals surface area contributed by atoms with E-state index in [-0.39, 0.29) is 25.7 Å². The molecule has 6 nitrogen and oxygen atoms in total. The van der Waals surface area contributed by atoms with Crippen molar-refractivity contribution < 1.29 is 19.4 Å². The van der Waals surface area contributed by atoms with E-state index in [4.69, 9.17) is 10.8 Å². The van der Waals surface area contributed by atoms with Crippen molar-refractivity contribution in [3.8, 4) is 11.8 Å². The summed E-state index contributed by atoms with van der Waals surface area (Å²) in [6, 6.07) is 5.18. The quantitative estimate of drug-likeness (QED) is 0.544. The van der Waals surface area contributed by atoms with Gasteiger partial charge in [0.2, 0.25) is 0 Å². The Balaban J connectivity index is 2.66. The van der Waals surface area contributed by atoms with Gasteiger partial charge in [-0.05, 0) is 24.6 Å². The lowest BCUT2D eigenvalue weighted by atomic mass is 10.0. The number of amides is 2. The van der Waals surface area contributed by atoms with E-state index in [1.54, 1.807) is 18.2 Å². The largest absolute Gasteiger partial charge is 0.448 e. The predicted molar refractivity (Wildman–Crippen MR) is 77.6 cm³/mol. The number of hydrogen-bond acceptors (Lipinski definition) is 4. The number of carbonyl (C=O) groups excluding carboxylic acids is 2. The summed E-state index contributed by atoms with van der Waals surface area (Å²) in [5, 5.41) is 11.3. The maximum absolute atomic E-state index is 11.9. The summed E-state index contributed by atoms with van der Waals surface area (Å²) in [6.07, 6.45) is -0.485. The van der Waals surface area contributed by atoms with Crippen molar-refractivity contribution in [3.63, 3.8) is 0 Å². The Labute approximate surface area is 123 Å². The maximum atomic E-state index is 11.9. The molecule has 0 aliphatic carbocycles. The molecule has 1 aromatic rings. The predicted octanol–water partition coefficient (Wildman–Crippen LogP) is 0.554. The Morgan fingerprint density at radius 1 is 1.43 bits per heavy atom. The first-order valence-corrected chi connectivity index (χ1v) is 6.45. The molecule has 0 saturated heterocycles. The third-order valence-corrected chi connectivity index (χ3v) is 2.59. The summed E-state index contributed by atoms with van der Waals surface area (Å²) in [6.45, 7) is 2.11. The molecule has 0 unspecified atom stereocenters. The Kier molecular flexibility index (Phi) is 6.78. The van der Waals surface area contributed by atoms with Crippen LogP contribution in [0.1, 0.15) is 27.9 Å². The topological polar surface area (TPSA) is 102 Å². The molecule has 0 aromatic heterocycles. The number of benzene rings is 1. The second-order valence-electron chi connectivity index (χ2n) is 4.23. The highest BCUT2D eigenvalue weighted by atomic mass is 16.5. The minimum atomic E-state index is -0.874. The molecule has 2 amide bonds. The van der Waals surface area contributed by atoms with E-state index in [1.807, 2.05) is 6.92 Å². The van der Waals surface area contributed by atoms with Crippen LogP contribution in [0, 0.1) is 18.8 Å². The van der Waals surface area contributed by atoms with Crippen LogP contribution in [0.15, 0.2) is 18.2 Å². The molecule has 1 rings (SSSR count). The number of nitrogens with one attached hydrogen (secondary N) is 1. The minimum Gasteiger partial charge on any atom is -0.448 e. The monoisotopic (exact) mass is 290 g/mol. The van der Waals surface area contributed by atoms with Gasteiger partial charge < -0.3 is 20.9 Å². The number of nitrogens with two attached hydrogens (primary N) is 1. The molecule has 0 aliphatic rings. The molecule has 21 heavy (non-hydrogen) atoms. The van der Waals surface area contributed by atoms with E-state index < -0.39 is 6.09 Å². The first-order chi connectivity index (χ1) is 10.0. The number of hydrogen-bond donors (Lipinski definition) is 3. The molecule has 0 atom stereocenters. The van der Waals surface area contributed by atoms with E-state index >= 15 is 0 Å². The van der Waals surface area contributed by atoms with Crippen LogP contribution in [-0.2, 0) is 4.74 Å². The standard InChI is InChI=1S/C15H18N2O4/c1-11-5-6-13(10-12(11)4-2-3-8-18)14(19)17-7-9-21-15(16)20/h5-6,10,18H,3,7-9H2,1H3,(H2,16,20)(H,17,19). The van der Waals surface area contributed by atoms with Gasteiger partial charge in [-0.25, -0.2) is 4.79 Å². The number of aliphatic hydroxyl groups is 1. The van der Waals surface area contributed by atoms with Gasteiger partial charge in [0.1, 0.15) is 6.61 Å². The molecule has 0 heterocycles. The van der Waals surface area contributed by atoms with Crippen LogP contribution in [0.4, 0.5) is 4.79 Å². The number of ether oxygens (including phenoxy) is 1. The van der Waals surface area contributed by atoms with Gasteiger partial charge in [-0.3, -0.25) is 4.79 Å². The third kappa shape index (κ3) is 5.97. The smallest absolute Gasteiger partial charge is 0.404 e. The number of primary amides is 1. The van der Waals surface area contributed by atoms with E-state index in [1.165, 1.54) is 0 Å². The fourth-order valence-electron chi connectivity index (χ4n) is 1.53. The molecule has 0 spiro atoms. The zero-order valence-electron chi connectivity index (χ0n) is 11.8. The molecule has 0 bridgehead atoms. The van der Waals surface area contributed by atoms with Crippen molar-refractivity contribution >= 4 is 12.0 Å². The SMILES string of the molecule is Cc1ccc(C(=O)NCCOC(N)=O)cc1C#CCCO. The average molecular weight is 290 g/mol. The molecule has 4 N–H and O–H groups in total. The van der Waals surface area contributed by atoms with Crippen molar-refractivity contribution in [2.24, 2.45) is 5.73 Å². The second-order valence-corrected chi connectivity index (χ2v) is 4.23. The highest BCUT2D eigenvalue weighted by Gasteiger charge is 2.07. The van der Waals surface area contributed by atoms with Crippen molar-refractivity contribution in [3.05, 3.63) is 34.9 Å². The van der Waals surface area contributed by atoms with Crippen LogP contribution in [0.2, 0.25) is 0 Å². The maximum Gasteiger partial charge on any atom is 0.404 e. The van der Waals surface area contributed by atoms with Gasteiger partial charge in [0.15, 0.2) is 0 Å². The first-order valence-electron chi connectivity index (χ1n) is 6.45. The lowest BCUT2D eigenvalue weighted by Crippen LogP contribution is -2.29. The summed E-state index contributed by atoms with van der Waals surface area (Å²) in [7, 11) is 0. The van der Waals surface area contributed by atoms with Crippen LogP contribution in [-0.4, -0.2) is 36.9 Å². The Hall–Kier alpha value is -2.52. The van der Waals surface area contributed by atoms with Gasteiger partial charge in [0.25, 0.3) is 5.91 Å². The van der Waals surface area contributed by atoms with E-state index in [0.717, 1.165) is 11.1 Å². The normalized spacial score (nSPS) is 9.43. The molecule has 0 aliphatic heterocycles. The molecule has 0 radical (unpaired) electrons. The summed E-state index contributed by atoms with van der Waals surface area (Å²) in [5.41, 5.74) is 6.97. The molecule has 0 saturated carbocycles. The van der Waals surface area contributed by atoms with Crippen LogP contribution in [0.5, 0.6) is 0 Å². The highest BCUT2D eigenvalue weighted by molar-refractivity contribution is 5.94. The van der Waals surface area contributed by atoms with Crippen LogP contribution in [0.25, 0.3) is 0 Å². The molecule has 112 valence electrons. The molecular weight excluding hydrogens is 272 g/mol. The van der Waals surface area contributed by atoms with Gasteiger partial charge in [0, 0.05) is 17.5 Å². The van der Waals surface area contributed by atoms with Gasteiger partial charge in [-0.15, -0.1) is 0 Å². The lowest BCUT2D eigenvalue weighted by molar-refractivity contribution is 0.0937. The van der Waals surface area contributed by atoms with Gasteiger partial charge in [-0.1, -0.05) is 17.9 Å². The zero-order valence-corrected chi connectivity index (χ0v) is 11.8. The van der Waals surface area contributed by atoms with E-state index in [9.17, 15) is 9.59 Å². The summed E-state index contributed by atoms with van der Waals surface area (Å²) in [4.78, 5) is 22.3. The van der Waals surface area contributed by atoms with E-state index in [2.05, 4.69) is 21.9 Å². The minimum absolute atomic E-state index is 0.00604. The van der Waals surface area contributed by atoms with Crippen LogP contribution >= 0.6 is 0 Å². The summed E-state index contributed by atoms with van der Waals surface area (Å²) in [5.74, 6) is 5.45. The Morgan fingerprint density at radius 2 is 2.19 bits per heavy atom. The molecule has 1 aromatic carbocycles. The molecule has 6 heteroatoms. The van der Waals surface area contributed by atoms with Crippen LogP contribution in [0.3, 0.4) is 0 Å². The third-order valence-electron chi connectivity index (χ3n) is 2.59. The summed E-state index contributed by atoms with van der Waals surface area (Å²) < 4.78 is 4.51. The number of aryl methyl sites for hydroxylation is 1. The van der Waals surface area contributed by atoms with Gasteiger partial charge >= 0.3 is 6.09 Å². The fourth-order valence-corrected chi connectivity index (χ4v) is 1.53. The molecule has 0 fully saturated rings. The van der Waals surface area contributed by atoms with Gasteiger partial charge in [-0.2, -0.15) is 0 Å². The average Bonchev–Trinajstić information content (AvgIpc) is 2.45. The Morgan fingerprint density at radius 3 is 2.86 bits per heavy atom. The number of rotatable bonds is 5. The van der Waals surface area contributed by atoms with Crippen LogP contribution < -0.4 is 11.1 Å². The van der Waals surface area contributed by atoms with Gasteiger partial charge in [0.05, 0.1) is 13.2 Å². The number of aliphatic hydroxyl groups excluding tert-OH is 1. The second kappa shape index (κ2) is 8.61. The highest BCUT2D eigenvalue weighted by Crippen LogP contribution is 2.10. The summed E-state index contributed by atoms with van der Waals surface area (Å²) >= 11 is 0. The van der Waals surface area contributed by atoms with Crippen molar-refractivity contribution in [2.45, 2.75) is 13.3 Å². The Bertz CT molecular complexity index is 573. The fraction of sp³-hybridized carbons (Fsp3) is 0.333. The lowest BCUT2D eigenvalue weighted by Gasteiger charge is -2.07. The first kappa shape index (κ1) is 16.5. The zero-order chi connectivity index (χ0) is 15.7. The molecular formula is C15H18N2O4. The van der Waals surface area contributed by atoms with Crippen molar-refractivity contribution in [2.75, 3.05) is 19.8 Å². The van der Waals surface area contributed by atoms with Crippen molar-refractivity contribution in [1.82, 2.24) is 5.32 Å². The van der Waals surface area contributed by atoms with E-state index in [0.29, 0.717) is 12.0 Å². The number of carbonyl (C=O) groups is 2.